The molecule has 2 heterocycles. The minimum atomic E-state index is -1.20. The zero-order valence-electron chi connectivity index (χ0n) is 15.0. The van der Waals surface area contributed by atoms with Crippen LogP contribution >= 0.6 is 0 Å². The van der Waals surface area contributed by atoms with Gasteiger partial charge in [0.2, 0.25) is 0 Å². The summed E-state index contributed by atoms with van der Waals surface area (Å²) in [6.07, 6.45) is 0.704. The molecule has 0 unspecified atom stereocenters. The van der Waals surface area contributed by atoms with Gasteiger partial charge in [0, 0.05) is 32.9 Å². The topological polar surface area (TPSA) is 102 Å². The third-order valence-corrected chi connectivity index (χ3v) is 5.03. The molecule has 0 aromatic carbocycles. The number of carbonyl (C=O) groups excluding carboxylic acids is 2. The number of Topliss-reactive ketones (excluding diaryl/α,β-unsaturated/α-hetero) is 2. The molecule has 1 saturated carbocycles. The van der Waals surface area contributed by atoms with E-state index < -0.39 is 11.0 Å². The Bertz CT molecular complexity index is 763. The van der Waals surface area contributed by atoms with Crippen molar-refractivity contribution in [2.24, 2.45) is 10.8 Å². The van der Waals surface area contributed by atoms with Crippen molar-refractivity contribution in [3.63, 3.8) is 0 Å². The van der Waals surface area contributed by atoms with Gasteiger partial charge in [-0.25, -0.2) is 0 Å². The van der Waals surface area contributed by atoms with Crippen LogP contribution in [-0.4, -0.2) is 49.0 Å². The van der Waals surface area contributed by atoms with Crippen LogP contribution < -0.4 is 15.2 Å². The molecule has 2 aliphatic rings. The Morgan fingerprint density at radius 1 is 1.12 bits per heavy atom. The first-order valence-electron chi connectivity index (χ1n) is 8.20. The third-order valence-electron chi connectivity index (χ3n) is 5.03. The summed E-state index contributed by atoms with van der Waals surface area (Å²) in [5.41, 5.74) is -1.63. The number of ether oxygens (including phenoxy) is 2. The molecule has 136 valence electrons. The van der Waals surface area contributed by atoms with Crippen molar-refractivity contribution in [1.29, 1.82) is 0 Å². The van der Waals surface area contributed by atoms with Crippen LogP contribution in [0.4, 0.5) is 5.82 Å². The number of fused-ring (bicyclic) bond motifs is 1. The lowest BCUT2D eigenvalue weighted by molar-refractivity contribution is -0.148. The van der Waals surface area contributed by atoms with Gasteiger partial charge >= 0.3 is 0 Å². The largest absolute Gasteiger partial charge is 0.468 e. The number of aromatic nitrogens is 2. The molecule has 1 aromatic heterocycles. The van der Waals surface area contributed by atoms with Gasteiger partial charge in [0.1, 0.15) is 29.5 Å². The molecule has 3 rings (SSSR count). The fourth-order valence-corrected chi connectivity index (χ4v) is 3.80. The number of anilines is 1. The highest BCUT2D eigenvalue weighted by atomic mass is 16.5. The summed E-state index contributed by atoms with van der Waals surface area (Å²) < 4.78 is 10.2. The summed E-state index contributed by atoms with van der Waals surface area (Å²) >= 11 is 0. The van der Waals surface area contributed by atoms with Crippen LogP contribution in [0, 0.1) is 10.8 Å². The molecule has 8 heteroatoms. The van der Waals surface area contributed by atoms with Gasteiger partial charge in [-0.2, -0.15) is 4.98 Å². The summed E-state index contributed by atoms with van der Waals surface area (Å²) in [4.78, 5) is 46.9. The Morgan fingerprint density at radius 3 is 2.32 bits per heavy atom. The normalized spacial score (nSPS) is 21.4. The lowest BCUT2D eigenvalue weighted by Crippen LogP contribution is -2.58. The van der Waals surface area contributed by atoms with Crippen molar-refractivity contribution in [3.8, 4) is 6.01 Å². The number of hydrogen-bond donors (Lipinski definition) is 1. The molecule has 1 aromatic rings. The van der Waals surface area contributed by atoms with Crippen molar-refractivity contribution in [1.82, 2.24) is 9.97 Å². The summed E-state index contributed by atoms with van der Waals surface area (Å²) in [5.74, 6) is 0.171. The average Bonchev–Trinajstić information content (AvgIpc) is 2.53. The fourth-order valence-electron chi connectivity index (χ4n) is 3.80. The Balaban J connectivity index is 2.11. The maximum Gasteiger partial charge on any atom is 0.298 e. The number of hydrogen-bond acceptors (Lipinski definition) is 7. The van der Waals surface area contributed by atoms with Gasteiger partial charge in [-0.1, -0.05) is 13.8 Å². The molecule has 0 amide bonds. The molecule has 0 radical (unpaired) electrons. The average molecular weight is 349 g/mol. The second kappa shape index (κ2) is 5.94. The summed E-state index contributed by atoms with van der Waals surface area (Å²) in [5, 5.41) is 0. The van der Waals surface area contributed by atoms with Gasteiger partial charge in [0.15, 0.2) is 0 Å². The van der Waals surface area contributed by atoms with Crippen molar-refractivity contribution >= 4 is 17.4 Å². The summed E-state index contributed by atoms with van der Waals surface area (Å²) in [7, 11) is 2.92. The number of nitrogens with one attached hydrogen (secondary N) is 1. The van der Waals surface area contributed by atoms with Gasteiger partial charge < -0.3 is 14.4 Å². The van der Waals surface area contributed by atoms with Crippen LogP contribution in [0.15, 0.2) is 4.79 Å². The lowest BCUT2D eigenvalue weighted by Gasteiger charge is -2.46. The summed E-state index contributed by atoms with van der Waals surface area (Å²) in [6.45, 7) is 4.12. The van der Waals surface area contributed by atoms with Crippen LogP contribution in [0.5, 0.6) is 6.01 Å². The van der Waals surface area contributed by atoms with E-state index in [1.54, 1.807) is 4.90 Å². The van der Waals surface area contributed by atoms with E-state index >= 15 is 0 Å². The molecule has 1 aliphatic carbocycles. The molecule has 0 saturated heterocycles. The molecule has 0 bridgehead atoms. The Morgan fingerprint density at radius 2 is 1.76 bits per heavy atom. The lowest BCUT2D eigenvalue weighted by atomic mass is 9.60. The maximum atomic E-state index is 12.9. The Kier molecular flexibility index (Phi) is 4.18. The number of nitrogens with zero attached hydrogens (tertiary/aromatic N) is 2. The van der Waals surface area contributed by atoms with Gasteiger partial charge in [-0.15, -0.1) is 0 Å². The zero-order chi connectivity index (χ0) is 18.4. The van der Waals surface area contributed by atoms with Crippen LogP contribution in [-0.2, 0) is 20.7 Å². The molecule has 25 heavy (non-hydrogen) atoms. The number of rotatable bonds is 3. The smallest absolute Gasteiger partial charge is 0.298 e. The monoisotopic (exact) mass is 349 g/mol. The van der Waals surface area contributed by atoms with E-state index in [4.69, 9.17) is 9.47 Å². The fraction of sp³-hybridized carbons (Fsp3) is 0.647. The minimum Gasteiger partial charge on any atom is -0.468 e. The van der Waals surface area contributed by atoms with Gasteiger partial charge in [0.05, 0.1) is 12.7 Å². The van der Waals surface area contributed by atoms with Gasteiger partial charge in [-0.3, -0.25) is 19.4 Å². The maximum absolute atomic E-state index is 12.9. The number of methoxy groups -OCH3 is 2. The quantitative estimate of drug-likeness (QED) is 0.801. The van der Waals surface area contributed by atoms with Crippen LogP contribution in [0.2, 0.25) is 0 Å². The predicted octanol–water partition coefficient (Wildman–Crippen LogP) is 0.689. The van der Waals surface area contributed by atoms with E-state index in [-0.39, 0.29) is 42.7 Å². The molecule has 0 atom stereocenters. The SMILES string of the molecule is COCN1CC2(Cc3c1nc(OC)[nH]c3=O)C(=O)CC(C)(C)CC2=O. The van der Waals surface area contributed by atoms with Gasteiger partial charge in [0.25, 0.3) is 11.6 Å². The highest BCUT2D eigenvalue weighted by Crippen LogP contribution is 2.45. The number of H-pyrrole nitrogens is 1. The van der Waals surface area contributed by atoms with E-state index in [2.05, 4.69) is 9.97 Å². The van der Waals surface area contributed by atoms with Crippen LogP contribution in [0.1, 0.15) is 32.3 Å². The van der Waals surface area contributed by atoms with Crippen molar-refractivity contribution in [2.45, 2.75) is 33.1 Å². The van der Waals surface area contributed by atoms with E-state index in [0.29, 0.717) is 24.2 Å². The molecule has 1 fully saturated rings. The van der Waals surface area contributed by atoms with Crippen LogP contribution in [0.25, 0.3) is 0 Å². The van der Waals surface area contributed by atoms with Gasteiger partial charge in [-0.05, 0) is 5.41 Å². The molecule has 1 N–H and O–H groups in total. The number of aromatic amines is 1. The Hall–Kier alpha value is -2.22. The van der Waals surface area contributed by atoms with Crippen molar-refractivity contribution < 1.29 is 19.1 Å². The molecular formula is C17H23N3O5. The standard InChI is InChI=1S/C17H23N3O5/c1-16(2)6-11(21)17(12(22)7-16)5-10-13(20(8-17)9-24-3)18-15(25-4)19-14(10)23/h5-9H2,1-4H3,(H,18,19,23). The highest BCUT2D eigenvalue weighted by molar-refractivity contribution is 6.11. The van der Waals surface area contributed by atoms with Crippen LogP contribution in [0.3, 0.4) is 0 Å². The van der Waals surface area contributed by atoms with E-state index in [9.17, 15) is 14.4 Å². The molecule has 8 nitrogen and oxygen atoms in total. The first-order chi connectivity index (χ1) is 11.7. The minimum absolute atomic E-state index is 0.0720. The molecule has 1 spiro atoms. The van der Waals surface area contributed by atoms with Crippen molar-refractivity contribution in [3.05, 3.63) is 15.9 Å². The number of carbonyl (C=O) groups is 2. The summed E-state index contributed by atoms with van der Waals surface area (Å²) in [6, 6.07) is 0.0863. The molecular weight excluding hydrogens is 326 g/mol. The van der Waals surface area contributed by atoms with Crippen molar-refractivity contribution in [2.75, 3.05) is 32.4 Å². The second-order valence-corrected chi connectivity index (χ2v) is 7.62. The highest BCUT2D eigenvalue weighted by Gasteiger charge is 2.55. The Labute approximate surface area is 145 Å². The van der Waals surface area contributed by atoms with E-state index in [1.165, 1.54) is 14.2 Å². The number of ketones is 2. The molecule has 1 aliphatic heterocycles. The van der Waals surface area contributed by atoms with E-state index in [0.717, 1.165) is 0 Å². The second-order valence-electron chi connectivity index (χ2n) is 7.62. The third kappa shape index (κ3) is 2.84. The first kappa shape index (κ1) is 17.6. The first-order valence-corrected chi connectivity index (χ1v) is 8.20. The van der Waals surface area contributed by atoms with E-state index in [1.807, 2.05) is 13.8 Å². The predicted molar refractivity (Wildman–Crippen MR) is 89.8 cm³/mol. The zero-order valence-corrected chi connectivity index (χ0v) is 15.0.